The molecule has 2 aliphatic rings. The number of hydrogen-bond donors (Lipinski definition) is 2. The van der Waals surface area contributed by atoms with Crippen LogP contribution in [-0.2, 0) is 0 Å². The fourth-order valence-corrected chi connectivity index (χ4v) is 5.44. The van der Waals surface area contributed by atoms with Gasteiger partial charge in [-0.15, -0.1) is 0 Å². The molecule has 37 heavy (non-hydrogen) atoms. The van der Waals surface area contributed by atoms with Crippen LogP contribution in [0.3, 0.4) is 0 Å². The minimum absolute atomic E-state index is 0.0802. The average molecular weight is 489 g/mol. The first-order chi connectivity index (χ1) is 17.8. The number of fused-ring (bicyclic) bond motifs is 5. The number of pyridine rings is 1. The van der Waals surface area contributed by atoms with Crippen molar-refractivity contribution >= 4 is 23.1 Å². The minimum Gasteiger partial charge on any atom is -0.504 e. The Hall–Kier alpha value is -4.51. The van der Waals surface area contributed by atoms with Crippen LogP contribution in [0.4, 0.5) is 5.69 Å². The van der Waals surface area contributed by atoms with Gasteiger partial charge in [-0.3, -0.25) is 4.98 Å². The third kappa shape index (κ3) is 3.93. The molecule has 4 aromatic rings. The number of aromatic hydroxyl groups is 1. The van der Waals surface area contributed by atoms with Crippen molar-refractivity contribution in [2.45, 2.75) is 26.3 Å². The van der Waals surface area contributed by atoms with Gasteiger partial charge in [0.2, 0.25) is 0 Å². The van der Waals surface area contributed by atoms with Crippen LogP contribution in [0, 0.1) is 0 Å². The lowest BCUT2D eigenvalue weighted by atomic mass is 9.82. The molecule has 1 aromatic heterocycles. The number of aromatic nitrogens is 1. The Labute approximate surface area is 216 Å². The molecule has 0 saturated heterocycles. The van der Waals surface area contributed by atoms with E-state index in [4.69, 9.17) is 9.47 Å². The highest BCUT2D eigenvalue weighted by atomic mass is 16.5. The summed E-state index contributed by atoms with van der Waals surface area (Å²) in [6, 6.07) is 19.9. The van der Waals surface area contributed by atoms with Gasteiger partial charge in [0.1, 0.15) is 11.5 Å². The standard InChI is InChI=1S/C32H28N2O3/c1-19-17-32(2,3)34-24-11-10-23-29(28(19)24)27(37-26-13-12-25(35)31(36-4)30(23)26)16-20-7-5-8-21(15-20)22-9-6-14-33-18-22/h5-18,34-35H,1-4H3/b27-16-. The molecule has 184 valence electrons. The number of nitrogens with zero attached hydrogens (tertiary/aromatic N) is 1. The van der Waals surface area contributed by atoms with Gasteiger partial charge in [0.05, 0.1) is 18.2 Å². The van der Waals surface area contributed by atoms with E-state index in [1.54, 1.807) is 25.4 Å². The van der Waals surface area contributed by atoms with Gasteiger partial charge in [-0.1, -0.05) is 36.4 Å². The number of nitrogens with one attached hydrogen (secondary N) is 1. The Kier molecular flexibility index (Phi) is 5.30. The number of phenols is 1. The number of benzene rings is 3. The third-order valence-corrected chi connectivity index (χ3v) is 6.85. The van der Waals surface area contributed by atoms with E-state index in [1.165, 1.54) is 0 Å². The van der Waals surface area contributed by atoms with Crippen molar-refractivity contribution in [2.75, 3.05) is 12.4 Å². The van der Waals surface area contributed by atoms with E-state index in [-0.39, 0.29) is 11.3 Å². The van der Waals surface area contributed by atoms with E-state index < -0.39 is 0 Å². The van der Waals surface area contributed by atoms with E-state index >= 15 is 0 Å². The summed E-state index contributed by atoms with van der Waals surface area (Å²) >= 11 is 0. The number of phenolic OH excluding ortho intramolecular Hbond substituents is 1. The lowest BCUT2D eigenvalue weighted by Gasteiger charge is -2.35. The van der Waals surface area contributed by atoms with Gasteiger partial charge < -0.3 is 19.9 Å². The third-order valence-electron chi connectivity index (χ3n) is 6.85. The van der Waals surface area contributed by atoms with Crippen LogP contribution in [0.15, 0.2) is 79.1 Å². The van der Waals surface area contributed by atoms with Crippen molar-refractivity contribution in [2.24, 2.45) is 0 Å². The summed E-state index contributed by atoms with van der Waals surface area (Å²) in [5.41, 5.74) is 8.95. The highest BCUT2D eigenvalue weighted by Gasteiger charge is 2.33. The van der Waals surface area contributed by atoms with Gasteiger partial charge in [-0.25, -0.2) is 0 Å². The predicted octanol–water partition coefficient (Wildman–Crippen LogP) is 7.63. The Morgan fingerprint density at radius 1 is 0.973 bits per heavy atom. The largest absolute Gasteiger partial charge is 0.504 e. The first-order valence-corrected chi connectivity index (χ1v) is 12.3. The Morgan fingerprint density at radius 2 is 1.81 bits per heavy atom. The maximum absolute atomic E-state index is 10.6. The molecular weight excluding hydrogens is 460 g/mol. The second kappa shape index (κ2) is 8.56. The van der Waals surface area contributed by atoms with Crippen molar-refractivity contribution in [1.82, 2.24) is 4.98 Å². The van der Waals surface area contributed by atoms with E-state index in [1.807, 2.05) is 18.3 Å². The number of anilines is 1. The van der Waals surface area contributed by atoms with Crippen LogP contribution in [0.5, 0.6) is 17.2 Å². The quantitative estimate of drug-likeness (QED) is 0.310. The molecule has 2 N–H and O–H groups in total. The van der Waals surface area contributed by atoms with Crippen LogP contribution in [0.1, 0.15) is 37.5 Å². The van der Waals surface area contributed by atoms with Gasteiger partial charge in [0.15, 0.2) is 11.5 Å². The zero-order chi connectivity index (χ0) is 25.7. The van der Waals surface area contributed by atoms with E-state index in [2.05, 4.69) is 79.6 Å². The second-order valence-electron chi connectivity index (χ2n) is 10.1. The smallest absolute Gasteiger partial charge is 0.172 e. The van der Waals surface area contributed by atoms with Crippen LogP contribution < -0.4 is 14.8 Å². The van der Waals surface area contributed by atoms with Gasteiger partial charge >= 0.3 is 0 Å². The molecule has 0 bridgehead atoms. The first kappa shape index (κ1) is 22.9. The van der Waals surface area contributed by atoms with E-state index in [0.29, 0.717) is 11.5 Å². The van der Waals surface area contributed by atoms with Crippen LogP contribution in [0.2, 0.25) is 0 Å². The normalized spacial score (nSPS) is 16.0. The topological polar surface area (TPSA) is 63.6 Å². The number of rotatable bonds is 3. The lowest BCUT2D eigenvalue weighted by Crippen LogP contribution is -2.32. The van der Waals surface area contributed by atoms with Crippen LogP contribution in [-0.4, -0.2) is 22.7 Å². The number of ether oxygens (including phenoxy) is 2. The Morgan fingerprint density at radius 3 is 2.59 bits per heavy atom. The molecule has 0 spiro atoms. The molecule has 5 heteroatoms. The highest BCUT2D eigenvalue weighted by molar-refractivity contribution is 6.02. The monoisotopic (exact) mass is 488 g/mol. The molecule has 0 atom stereocenters. The average Bonchev–Trinajstić information content (AvgIpc) is 2.88. The summed E-state index contributed by atoms with van der Waals surface area (Å²) < 4.78 is 12.2. The van der Waals surface area contributed by atoms with Crippen molar-refractivity contribution < 1.29 is 14.6 Å². The van der Waals surface area contributed by atoms with Crippen molar-refractivity contribution in [1.29, 1.82) is 0 Å². The number of hydrogen-bond acceptors (Lipinski definition) is 5. The molecule has 5 nitrogen and oxygen atoms in total. The highest BCUT2D eigenvalue weighted by Crippen LogP contribution is 2.54. The Balaban J connectivity index is 1.59. The summed E-state index contributed by atoms with van der Waals surface area (Å²) in [6.45, 7) is 6.45. The van der Waals surface area contributed by atoms with E-state index in [9.17, 15) is 5.11 Å². The summed E-state index contributed by atoms with van der Waals surface area (Å²) in [6.07, 6.45) is 7.96. The molecule has 0 aliphatic carbocycles. The zero-order valence-corrected chi connectivity index (χ0v) is 21.3. The zero-order valence-electron chi connectivity index (χ0n) is 21.3. The van der Waals surface area contributed by atoms with Crippen LogP contribution >= 0.6 is 0 Å². The van der Waals surface area contributed by atoms with Gasteiger partial charge in [-0.05, 0) is 73.9 Å². The fraction of sp³-hybridized carbons (Fsp3) is 0.156. The van der Waals surface area contributed by atoms with Crippen molar-refractivity contribution in [3.05, 3.63) is 95.8 Å². The molecule has 0 radical (unpaired) electrons. The van der Waals surface area contributed by atoms with Crippen LogP contribution in [0.25, 0.3) is 39.7 Å². The van der Waals surface area contributed by atoms with Crippen molar-refractivity contribution in [3.8, 4) is 39.5 Å². The molecule has 3 heterocycles. The number of allylic oxidation sites excluding steroid dienone is 1. The molecule has 0 unspecified atom stereocenters. The van der Waals surface area contributed by atoms with E-state index in [0.717, 1.165) is 56.0 Å². The Bertz CT molecular complexity index is 1600. The maximum atomic E-state index is 10.6. The molecule has 2 aliphatic heterocycles. The summed E-state index contributed by atoms with van der Waals surface area (Å²) in [4.78, 5) is 4.27. The summed E-state index contributed by atoms with van der Waals surface area (Å²) in [5, 5.41) is 14.2. The fourth-order valence-electron chi connectivity index (χ4n) is 5.44. The van der Waals surface area contributed by atoms with Gasteiger partial charge in [0, 0.05) is 40.3 Å². The second-order valence-corrected chi connectivity index (χ2v) is 10.1. The SMILES string of the molecule is COc1c(O)ccc2c1-c1ccc3c(c1/C(=C/c1cccc(-c4cccnc4)c1)O2)C(C)=CC(C)(C)N3. The molecule has 3 aromatic carbocycles. The lowest BCUT2D eigenvalue weighted by molar-refractivity contribution is 0.371. The summed E-state index contributed by atoms with van der Waals surface area (Å²) in [5.74, 6) is 1.87. The number of methoxy groups -OCH3 is 1. The van der Waals surface area contributed by atoms with Gasteiger partial charge in [0.25, 0.3) is 0 Å². The molecular formula is C32H28N2O3. The maximum Gasteiger partial charge on any atom is 0.172 e. The predicted molar refractivity (Wildman–Crippen MR) is 150 cm³/mol. The molecule has 0 saturated carbocycles. The molecule has 6 rings (SSSR count). The summed E-state index contributed by atoms with van der Waals surface area (Å²) in [7, 11) is 1.57. The van der Waals surface area contributed by atoms with Crippen molar-refractivity contribution in [3.63, 3.8) is 0 Å². The van der Waals surface area contributed by atoms with Gasteiger partial charge in [-0.2, -0.15) is 0 Å². The minimum atomic E-state index is -0.170. The molecule has 0 fully saturated rings. The first-order valence-electron chi connectivity index (χ1n) is 12.3. The molecule has 0 amide bonds.